The van der Waals surface area contributed by atoms with Gasteiger partial charge in [-0.15, -0.1) is 0 Å². The summed E-state index contributed by atoms with van der Waals surface area (Å²) < 4.78 is 5.52. The number of nitriles is 1. The molecule has 0 heterocycles. The molecule has 0 spiro atoms. The first-order valence-corrected chi connectivity index (χ1v) is 6.75. The lowest BCUT2D eigenvalue weighted by Crippen LogP contribution is -2.12. The summed E-state index contributed by atoms with van der Waals surface area (Å²) in [6, 6.07) is 9.33. The molecule has 1 aromatic rings. The highest BCUT2D eigenvalue weighted by Gasteiger charge is 2.05. The molecule has 0 aliphatic carbocycles. The molecule has 0 saturated heterocycles. The molecule has 0 bridgehead atoms. The molecule has 20 heavy (non-hydrogen) atoms. The van der Waals surface area contributed by atoms with Crippen LogP contribution < -0.4 is 10.1 Å². The van der Waals surface area contributed by atoms with Crippen LogP contribution in [-0.4, -0.2) is 12.5 Å². The number of hydrogen-bond donors (Lipinski definition) is 1. The van der Waals surface area contributed by atoms with Crippen molar-refractivity contribution in [2.45, 2.75) is 33.1 Å². The minimum Gasteiger partial charge on any atom is -0.493 e. The fourth-order valence-electron chi connectivity index (χ4n) is 1.63. The highest BCUT2D eigenvalue weighted by Crippen LogP contribution is 2.18. The number of unbranched alkanes of at least 4 members (excludes halogenated alkanes) is 1. The van der Waals surface area contributed by atoms with Crippen molar-refractivity contribution in [3.63, 3.8) is 0 Å². The molecule has 106 valence electrons. The molecule has 0 aromatic heterocycles. The lowest BCUT2D eigenvalue weighted by atomic mass is 10.2. The third-order valence-electron chi connectivity index (χ3n) is 2.66. The van der Waals surface area contributed by atoms with Crippen LogP contribution in [0.15, 0.2) is 35.9 Å². The van der Waals surface area contributed by atoms with Gasteiger partial charge in [-0.3, -0.25) is 4.79 Å². The molecule has 0 aliphatic rings. The number of carbonyl (C=O) groups is 1. The van der Waals surface area contributed by atoms with E-state index in [4.69, 9.17) is 10.00 Å². The molecule has 0 atom stereocenters. The molecule has 1 N–H and O–H groups in total. The summed E-state index contributed by atoms with van der Waals surface area (Å²) >= 11 is 0. The lowest BCUT2D eigenvalue weighted by molar-refractivity contribution is -0.112. The Balaban J connectivity index is 2.57. The van der Waals surface area contributed by atoms with Gasteiger partial charge in [0, 0.05) is 23.7 Å². The van der Waals surface area contributed by atoms with Crippen LogP contribution >= 0.6 is 0 Å². The molecule has 4 heteroatoms. The van der Waals surface area contributed by atoms with E-state index in [1.165, 1.54) is 0 Å². The Labute approximate surface area is 120 Å². The zero-order chi connectivity index (χ0) is 14.8. The fourth-order valence-corrected chi connectivity index (χ4v) is 1.63. The van der Waals surface area contributed by atoms with Crippen molar-refractivity contribution < 1.29 is 9.53 Å². The molecule has 0 saturated carbocycles. The zero-order valence-electron chi connectivity index (χ0n) is 12.0. The van der Waals surface area contributed by atoms with Gasteiger partial charge in [-0.2, -0.15) is 5.26 Å². The normalized spacial score (nSPS) is 10.8. The Kier molecular flexibility index (Phi) is 6.91. The summed E-state index contributed by atoms with van der Waals surface area (Å²) in [6.45, 7) is 4.29. The number of nitrogens with zero attached hydrogens (tertiary/aromatic N) is 1. The molecule has 0 fully saturated rings. The van der Waals surface area contributed by atoms with Gasteiger partial charge < -0.3 is 10.1 Å². The molecule has 4 nitrogen and oxygen atoms in total. The van der Waals surface area contributed by atoms with E-state index in [1.54, 1.807) is 13.0 Å². The molecule has 0 unspecified atom stereocenters. The van der Waals surface area contributed by atoms with Crippen LogP contribution in [0.2, 0.25) is 0 Å². The predicted molar refractivity (Wildman–Crippen MR) is 79.5 cm³/mol. The van der Waals surface area contributed by atoms with Gasteiger partial charge in [0.1, 0.15) is 5.75 Å². The second-order valence-corrected chi connectivity index (χ2v) is 4.39. The predicted octanol–water partition coefficient (Wildman–Crippen LogP) is 3.66. The Morgan fingerprint density at radius 2 is 2.30 bits per heavy atom. The molecule has 1 rings (SSSR count). The van der Waals surface area contributed by atoms with Crippen molar-refractivity contribution in [3.05, 3.63) is 35.9 Å². The molecular formula is C16H20N2O2. The van der Waals surface area contributed by atoms with Crippen LogP contribution in [0, 0.1) is 11.3 Å². The minimum absolute atomic E-state index is 0.103. The van der Waals surface area contributed by atoms with E-state index in [9.17, 15) is 4.79 Å². The number of rotatable bonds is 7. The Morgan fingerprint density at radius 1 is 1.50 bits per heavy atom. The molecule has 0 radical (unpaired) electrons. The van der Waals surface area contributed by atoms with E-state index < -0.39 is 0 Å². The number of ether oxygens (including phenoxy) is 1. The average molecular weight is 272 g/mol. The van der Waals surface area contributed by atoms with Crippen LogP contribution in [0.25, 0.3) is 0 Å². The van der Waals surface area contributed by atoms with Gasteiger partial charge in [-0.1, -0.05) is 19.1 Å². The van der Waals surface area contributed by atoms with Gasteiger partial charge in [0.2, 0.25) is 0 Å². The van der Waals surface area contributed by atoms with Crippen molar-refractivity contribution >= 4 is 11.6 Å². The van der Waals surface area contributed by atoms with Crippen LogP contribution in [0.4, 0.5) is 5.69 Å². The summed E-state index contributed by atoms with van der Waals surface area (Å²) in [5.41, 5.74) is 1.41. The second kappa shape index (κ2) is 8.76. The van der Waals surface area contributed by atoms with Gasteiger partial charge in [-0.05, 0) is 31.9 Å². The largest absolute Gasteiger partial charge is 0.493 e. The van der Waals surface area contributed by atoms with Gasteiger partial charge in [-0.25, -0.2) is 0 Å². The number of allylic oxidation sites excluding steroid dienone is 1. The maximum atomic E-state index is 11.9. The van der Waals surface area contributed by atoms with Crippen molar-refractivity contribution in [1.29, 1.82) is 5.26 Å². The average Bonchev–Trinajstić information content (AvgIpc) is 2.44. The Bertz CT molecular complexity index is 515. The van der Waals surface area contributed by atoms with Gasteiger partial charge in [0.05, 0.1) is 12.7 Å². The highest BCUT2D eigenvalue weighted by molar-refractivity contribution is 6.03. The van der Waals surface area contributed by atoms with E-state index >= 15 is 0 Å². The van der Waals surface area contributed by atoms with E-state index in [1.807, 2.05) is 31.2 Å². The quantitative estimate of drug-likeness (QED) is 0.608. The van der Waals surface area contributed by atoms with E-state index in [0.717, 1.165) is 6.42 Å². The zero-order valence-corrected chi connectivity index (χ0v) is 12.0. The van der Waals surface area contributed by atoms with Crippen LogP contribution in [0.5, 0.6) is 5.75 Å². The lowest BCUT2D eigenvalue weighted by Gasteiger charge is -2.09. The SMILES string of the molecule is CCC=C(C)C(=O)Nc1cccc(OCCCC#N)c1. The highest BCUT2D eigenvalue weighted by atomic mass is 16.5. The number of anilines is 1. The summed E-state index contributed by atoms with van der Waals surface area (Å²) in [7, 11) is 0. The number of carbonyl (C=O) groups excluding carboxylic acids is 1. The van der Waals surface area contributed by atoms with Crippen molar-refractivity contribution in [2.24, 2.45) is 0 Å². The number of nitrogens with one attached hydrogen (secondary N) is 1. The summed E-state index contributed by atoms with van der Waals surface area (Å²) in [4.78, 5) is 11.9. The van der Waals surface area contributed by atoms with Crippen LogP contribution in [0.1, 0.15) is 33.1 Å². The maximum absolute atomic E-state index is 11.9. The van der Waals surface area contributed by atoms with Crippen molar-refractivity contribution in [3.8, 4) is 11.8 Å². The Morgan fingerprint density at radius 3 is 3.00 bits per heavy atom. The number of hydrogen-bond acceptors (Lipinski definition) is 3. The number of amides is 1. The molecule has 0 aliphatic heterocycles. The standard InChI is InChI=1S/C16H20N2O2/c1-3-7-13(2)16(19)18-14-8-6-9-15(12-14)20-11-5-4-10-17/h6-9,12H,3-5,11H2,1-2H3,(H,18,19). The van der Waals surface area contributed by atoms with Crippen LogP contribution in [-0.2, 0) is 4.79 Å². The third-order valence-corrected chi connectivity index (χ3v) is 2.66. The van der Waals surface area contributed by atoms with Gasteiger partial charge in [0.25, 0.3) is 5.91 Å². The summed E-state index contributed by atoms with van der Waals surface area (Å²) in [5, 5.41) is 11.3. The molecule has 1 aromatic carbocycles. The summed E-state index contributed by atoms with van der Waals surface area (Å²) in [5.74, 6) is 0.589. The van der Waals surface area contributed by atoms with Crippen molar-refractivity contribution in [2.75, 3.05) is 11.9 Å². The smallest absolute Gasteiger partial charge is 0.250 e. The van der Waals surface area contributed by atoms with Gasteiger partial charge >= 0.3 is 0 Å². The second-order valence-electron chi connectivity index (χ2n) is 4.39. The topological polar surface area (TPSA) is 62.1 Å². The van der Waals surface area contributed by atoms with E-state index in [-0.39, 0.29) is 5.91 Å². The van der Waals surface area contributed by atoms with E-state index in [2.05, 4.69) is 11.4 Å². The van der Waals surface area contributed by atoms with E-state index in [0.29, 0.717) is 36.5 Å². The maximum Gasteiger partial charge on any atom is 0.250 e. The molecule has 1 amide bonds. The molecular weight excluding hydrogens is 252 g/mol. The van der Waals surface area contributed by atoms with Crippen molar-refractivity contribution in [1.82, 2.24) is 0 Å². The first-order chi connectivity index (χ1) is 9.67. The van der Waals surface area contributed by atoms with Gasteiger partial charge in [0.15, 0.2) is 0 Å². The van der Waals surface area contributed by atoms with Crippen LogP contribution in [0.3, 0.4) is 0 Å². The fraction of sp³-hybridized carbons (Fsp3) is 0.375. The summed E-state index contributed by atoms with van der Waals surface area (Å²) in [6.07, 6.45) is 3.90. The first kappa shape index (κ1) is 15.8. The minimum atomic E-state index is -0.103. The first-order valence-electron chi connectivity index (χ1n) is 6.75. The number of benzene rings is 1. The monoisotopic (exact) mass is 272 g/mol. The Hall–Kier alpha value is -2.28. The third kappa shape index (κ3) is 5.57.